The van der Waals surface area contributed by atoms with Crippen LogP contribution in [0.3, 0.4) is 0 Å². The predicted molar refractivity (Wildman–Crippen MR) is 63.3 cm³/mol. The lowest BCUT2D eigenvalue weighted by Gasteiger charge is -2.23. The summed E-state index contributed by atoms with van der Waals surface area (Å²) in [7, 11) is 2.12. The standard InChI is InChI=1S/C10H24N4O/c1-4-9(2)14(3)8-7-12-6-5-10(11)13-15/h9,12,15H,4-8H2,1-3H3,(H2,11,13). The van der Waals surface area contributed by atoms with E-state index in [0.29, 0.717) is 12.5 Å². The number of hydrogen-bond donors (Lipinski definition) is 3. The SMILES string of the molecule is CCC(C)N(C)CCNCCC(N)=NO. The Morgan fingerprint density at radius 3 is 2.73 bits per heavy atom. The summed E-state index contributed by atoms with van der Waals surface area (Å²) in [5.41, 5.74) is 5.33. The summed E-state index contributed by atoms with van der Waals surface area (Å²) in [6.45, 7) is 7.11. The Bertz CT molecular complexity index is 184. The minimum atomic E-state index is 0.276. The fourth-order valence-corrected chi connectivity index (χ4v) is 1.18. The summed E-state index contributed by atoms with van der Waals surface area (Å²) in [4.78, 5) is 2.32. The zero-order valence-corrected chi connectivity index (χ0v) is 10.0. The molecule has 0 saturated carbocycles. The molecule has 15 heavy (non-hydrogen) atoms. The van der Waals surface area contributed by atoms with Crippen LogP contribution in [0.15, 0.2) is 5.16 Å². The van der Waals surface area contributed by atoms with Crippen molar-refractivity contribution >= 4 is 5.84 Å². The molecule has 0 bridgehead atoms. The zero-order chi connectivity index (χ0) is 11.7. The Kier molecular flexibility index (Phi) is 8.04. The van der Waals surface area contributed by atoms with Crippen molar-refractivity contribution in [2.45, 2.75) is 32.7 Å². The van der Waals surface area contributed by atoms with Gasteiger partial charge in [-0.3, -0.25) is 0 Å². The Morgan fingerprint density at radius 2 is 2.20 bits per heavy atom. The number of nitrogens with zero attached hydrogens (tertiary/aromatic N) is 2. The largest absolute Gasteiger partial charge is 0.409 e. The highest BCUT2D eigenvalue weighted by atomic mass is 16.4. The maximum absolute atomic E-state index is 8.31. The van der Waals surface area contributed by atoms with Crippen molar-refractivity contribution in [2.24, 2.45) is 10.9 Å². The van der Waals surface area contributed by atoms with E-state index in [1.54, 1.807) is 0 Å². The van der Waals surface area contributed by atoms with E-state index in [2.05, 4.69) is 36.3 Å². The first-order chi connectivity index (χ1) is 7.11. The second-order valence-corrected chi connectivity index (χ2v) is 3.83. The summed E-state index contributed by atoms with van der Waals surface area (Å²) < 4.78 is 0. The van der Waals surface area contributed by atoms with Gasteiger partial charge in [0.2, 0.25) is 0 Å². The van der Waals surface area contributed by atoms with Gasteiger partial charge in [0.15, 0.2) is 0 Å². The lowest BCUT2D eigenvalue weighted by atomic mass is 10.2. The van der Waals surface area contributed by atoms with E-state index >= 15 is 0 Å². The molecule has 0 rings (SSSR count). The van der Waals surface area contributed by atoms with Gasteiger partial charge in [0, 0.05) is 32.1 Å². The van der Waals surface area contributed by atoms with Crippen LogP contribution < -0.4 is 11.1 Å². The highest BCUT2D eigenvalue weighted by Crippen LogP contribution is 1.97. The van der Waals surface area contributed by atoms with Gasteiger partial charge in [-0.05, 0) is 20.4 Å². The number of likely N-dealkylation sites (N-methyl/N-ethyl adjacent to an activating group) is 1. The van der Waals surface area contributed by atoms with Crippen molar-refractivity contribution in [3.63, 3.8) is 0 Å². The first kappa shape index (κ1) is 14.2. The molecule has 1 atom stereocenters. The summed E-state index contributed by atoms with van der Waals surface area (Å²) in [6.07, 6.45) is 1.75. The molecule has 0 aromatic carbocycles. The quantitative estimate of drug-likeness (QED) is 0.181. The van der Waals surface area contributed by atoms with Gasteiger partial charge in [-0.1, -0.05) is 12.1 Å². The fraction of sp³-hybridized carbons (Fsp3) is 0.900. The van der Waals surface area contributed by atoms with Crippen LogP contribution in [0, 0.1) is 0 Å². The highest BCUT2D eigenvalue weighted by Gasteiger charge is 2.04. The number of nitrogens with one attached hydrogen (secondary N) is 1. The molecule has 0 saturated heterocycles. The van der Waals surface area contributed by atoms with E-state index in [1.165, 1.54) is 6.42 Å². The van der Waals surface area contributed by atoms with Crippen LogP contribution in [-0.4, -0.2) is 48.7 Å². The number of amidine groups is 1. The average molecular weight is 216 g/mol. The fourth-order valence-electron chi connectivity index (χ4n) is 1.18. The first-order valence-electron chi connectivity index (χ1n) is 5.49. The Balaban J connectivity index is 3.38. The van der Waals surface area contributed by atoms with E-state index in [-0.39, 0.29) is 5.84 Å². The molecule has 90 valence electrons. The average Bonchev–Trinajstić information content (AvgIpc) is 2.26. The van der Waals surface area contributed by atoms with E-state index in [9.17, 15) is 0 Å². The lowest BCUT2D eigenvalue weighted by molar-refractivity contribution is 0.252. The van der Waals surface area contributed by atoms with Crippen molar-refractivity contribution in [3.8, 4) is 0 Å². The molecule has 0 aliphatic carbocycles. The van der Waals surface area contributed by atoms with Crippen molar-refractivity contribution in [3.05, 3.63) is 0 Å². The van der Waals surface area contributed by atoms with Crippen LogP contribution in [0.4, 0.5) is 0 Å². The van der Waals surface area contributed by atoms with E-state index in [1.807, 2.05) is 0 Å². The smallest absolute Gasteiger partial charge is 0.140 e. The van der Waals surface area contributed by atoms with Crippen LogP contribution in [0.2, 0.25) is 0 Å². The van der Waals surface area contributed by atoms with Crippen LogP contribution >= 0.6 is 0 Å². The molecule has 0 aromatic heterocycles. The van der Waals surface area contributed by atoms with Crippen LogP contribution in [0.1, 0.15) is 26.7 Å². The maximum Gasteiger partial charge on any atom is 0.140 e. The van der Waals surface area contributed by atoms with Gasteiger partial charge in [0.05, 0.1) is 0 Å². The number of oxime groups is 1. The molecule has 0 aromatic rings. The summed E-state index contributed by atoms with van der Waals surface area (Å²) in [6, 6.07) is 0.621. The molecule has 1 unspecified atom stereocenters. The van der Waals surface area contributed by atoms with Crippen molar-refractivity contribution in [2.75, 3.05) is 26.7 Å². The highest BCUT2D eigenvalue weighted by molar-refractivity contribution is 5.79. The molecule has 5 heteroatoms. The molecule has 0 spiro atoms. The topological polar surface area (TPSA) is 73.9 Å². The normalized spacial score (nSPS) is 14.5. The van der Waals surface area contributed by atoms with Gasteiger partial charge in [-0.25, -0.2) is 0 Å². The van der Waals surface area contributed by atoms with Crippen molar-refractivity contribution < 1.29 is 5.21 Å². The lowest BCUT2D eigenvalue weighted by Crippen LogP contribution is -2.35. The molecule has 0 amide bonds. The van der Waals surface area contributed by atoms with Gasteiger partial charge >= 0.3 is 0 Å². The monoisotopic (exact) mass is 216 g/mol. The second-order valence-electron chi connectivity index (χ2n) is 3.83. The van der Waals surface area contributed by atoms with Crippen LogP contribution in [0.5, 0.6) is 0 Å². The molecule has 5 nitrogen and oxygen atoms in total. The summed E-state index contributed by atoms with van der Waals surface area (Å²) >= 11 is 0. The first-order valence-corrected chi connectivity index (χ1v) is 5.49. The van der Waals surface area contributed by atoms with E-state index in [0.717, 1.165) is 19.6 Å². The molecular formula is C10H24N4O. The summed E-state index contributed by atoms with van der Waals surface area (Å²) in [5.74, 6) is 0.276. The minimum Gasteiger partial charge on any atom is -0.409 e. The molecule has 0 aliphatic heterocycles. The van der Waals surface area contributed by atoms with Gasteiger partial charge in [0.25, 0.3) is 0 Å². The molecular weight excluding hydrogens is 192 g/mol. The Morgan fingerprint density at radius 1 is 1.53 bits per heavy atom. The minimum absolute atomic E-state index is 0.276. The third-order valence-electron chi connectivity index (χ3n) is 2.67. The van der Waals surface area contributed by atoms with E-state index < -0.39 is 0 Å². The number of nitrogens with two attached hydrogens (primary N) is 1. The van der Waals surface area contributed by atoms with Crippen molar-refractivity contribution in [1.82, 2.24) is 10.2 Å². The number of rotatable bonds is 8. The number of hydrogen-bond acceptors (Lipinski definition) is 4. The summed E-state index contributed by atoms with van der Waals surface area (Å²) in [5, 5.41) is 14.5. The zero-order valence-electron chi connectivity index (χ0n) is 10.0. The van der Waals surface area contributed by atoms with Gasteiger partial charge < -0.3 is 21.2 Å². The third-order valence-corrected chi connectivity index (χ3v) is 2.67. The van der Waals surface area contributed by atoms with Crippen LogP contribution in [-0.2, 0) is 0 Å². The predicted octanol–water partition coefficient (Wildman–Crippen LogP) is 0.443. The molecule has 0 radical (unpaired) electrons. The molecule has 4 N–H and O–H groups in total. The van der Waals surface area contributed by atoms with Crippen molar-refractivity contribution in [1.29, 1.82) is 0 Å². The van der Waals surface area contributed by atoms with Gasteiger partial charge in [0.1, 0.15) is 5.84 Å². The maximum atomic E-state index is 8.31. The Labute approximate surface area is 92.3 Å². The molecule has 0 heterocycles. The molecule has 0 fully saturated rings. The second kappa shape index (κ2) is 8.49. The van der Waals surface area contributed by atoms with E-state index in [4.69, 9.17) is 10.9 Å². The van der Waals surface area contributed by atoms with Gasteiger partial charge in [-0.15, -0.1) is 0 Å². The molecule has 0 aliphatic rings. The van der Waals surface area contributed by atoms with Crippen LogP contribution in [0.25, 0.3) is 0 Å². The van der Waals surface area contributed by atoms with Gasteiger partial charge in [-0.2, -0.15) is 0 Å². The third kappa shape index (κ3) is 7.16. The Hall–Kier alpha value is -0.810.